The largest absolute Gasteiger partial charge is 0.512 e. The summed E-state index contributed by atoms with van der Waals surface area (Å²) < 4.78 is 5.08. The van der Waals surface area contributed by atoms with Gasteiger partial charge in [-0.1, -0.05) is 6.92 Å². The van der Waals surface area contributed by atoms with Crippen molar-refractivity contribution in [1.29, 1.82) is 0 Å². The van der Waals surface area contributed by atoms with Crippen molar-refractivity contribution in [2.75, 3.05) is 5.75 Å². The van der Waals surface area contributed by atoms with Gasteiger partial charge in [0.2, 0.25) is 5.88 Å². The molecular formula is C8H8BrNO3S. The highest BCUT2D eigenvalue weighted by molar-refractivity contribution is 9.10. The van der Waals surface area contributed by atoms with Gasteiger partial charge in [0, 0.05) is 0 Å². The molecule has 0 fully saturated rings. The quantitative estimate of drug-likeness (QED) is 0.523. The standard InChI is InChI=1S/C8H8BrNO3S/c1-2-14-5-3-4-6(9)10-7(5)13-8(11)12/h3-4H,2H2,1H3,(H,11,12). The number of nitrogens with zero attached hydrogens (tertiary/aromatic N) is 1. The van der Waals surface area contributed by atoms with Crippen LogP contribution in [0.25, 0.3) is 0 Å². The zero-order valence-electron chi connectivity index (χ0n) is 7.36. The molecule has 1 heterocycles. The van der Waals surface area contributed by atoms with Gasteiger partial charge in [-0.3, -0.25) is 0 Å². The number of aromatic nitrogens is 1. The van der Waals surface area contributed by atoms with E-state index in [1.165, 1.54) is 11.8 Å². The monoisotopic (exact) mass is 277 g/mol. The molecule has 0 aromatic carbocycles. The Bertz CT molecular complexity index is 345. The fraction of sp³-hybridized carbons (Fsp3) is 0.250. The van der Waals surface area contributed by atoms with Crippen molar-refractivity contribution in [2.45, 2.75) is 11.8 Å². The molecule has 0 aliphatic rings. The van der Waals surface area contributed by atoms with Crippen LogP contribution in [0.15, 0.2) is 21.6 Å². The molecule has 1 aromatic heterocycles. The number of pyridine rings is 1. The Hall–Kier alpha value is -0.750. The third-order valence-corrected chi connectivity index (χ3v) is 2.63. The second kappa shape index (κ2) is 5.21. The smallest absolute Gasteiger partial charge is 0.449 e. The lowest BCUT2D eigenvalue weighted by Gasteiger charge is -2.05. The first-order chi connectivity index (χ1) is 6.63. The molecule has 0 radical (unpaired) electrons. The number of rotatable bonds is 3. The lowest BCUT2D eigenvalue weighted by molar-refractivity contribution is 0.141. The molecule has 0 aliphatic carbocycles. The average Bonchev–Trinajstić information content (AvgIpc) is 2.09. The highest BCUT2D eigenvalue weighted by atomic mass is 79.9. The van der Waals surface area contributed by atoms with Crippen molar-refractivity contribution in [3.8, 4) is 5.88 Å². The number of ether oxygens (including phenoxy) is 1. The molecule has 1 N–H and O–H groups in total. The van der Waals surface area contributed by atoms with Crippen molar-refractivity contribution in [1.82, 2.24) is 4.98 Å². The molecular weight excluding hydrogens is 270 g/mol. The van der Waals surface area contributed by atoms with Crippen LogP contribution in [-0.2, 0) is 0 Å². The minimum Gasteiger partial charge on any atom is -0.449 e. The fourth-order valence-corrected chi connectivity index (χ4v) is 1.81. The maximum atomic E-state index is 10.3. The molecule has 6 heteroatoms. The topological polar surface area (TPSA) is 59.4 Å². The minimum atomic E-state index is -1.35. The molecule has 0 saturated carbocycles. The molecule has 0 bridgehead atoms. The van der Waals surface area contributed by atoms with Gasteiger partial charge >= 0.3 is 6.16 Å². The summed E-state index contributed by atoms with van der Waals surface area (Å²) in [6.45, 7) is 1.97. The van der Waals surface area contributed by atoms with Crippen LogP contribution >= 0.6 is 27.7 Å². The minimum absolute atomic E-state index is 0.124. The average molecular weight is 278 g/mol. The van der Waals surface area contributed by atoms with Crippen LogP contribution in [0.4, 0.5) is 4.79 Å². The first kappa shape index (κ1) is 11.3. The van der Waals surface area contributed by atoms with Crippen LogP contribution in [0.2, 0.25) is 0 Å². The van der Waals surface area contributed by atoms with Gasteiger partial charge < -0.3 is 9.84 Å². The Labute approximate surface area is 93.8 Å². The molecule has 0 aliphatic heterocycles. The van der Waals surface area contributed by atoms with Crippen molar-refractivity contribution in [3.05, 3.63) is 16.7 Å². The molecule has 76 valence electrons. The zero-order valence-corrected chi connectivity index (χ0v) is 9.76. The van der Waals surface area contributed by atoms with E-state index in [0.717, 1.165) is 10.6 Å². The van der Waals surface area contributed by atoms with Crippen LogP contribution in [0.1, 0.15) is 6.92 Å². The van der Waals surface area contributed by atoms with E-state index in [0.29, 0.717) is 4.60 Å². The van der Waals surface area contributed by atoms with Crippen molar-refractivity contribution in [2.24, 2.45) is 0 Å². The summed E-state index contributed by atoms with van der Waals surface area (Å²) in [5, 5.41) is 8.46. The first-order valence-corrected chi connectivity index (χ1v) is 5.61. The highest BCUT2D eigenvalue weighted by Crippen LogP contribution is 2.28. The van der Waals surface area contributed by atoms with Crippen LogP contribution < -0.4 is 4.74 Å². The van der Waals surface area contributed by atoms with E-state index in [-0.39, 0.29) is 5.88 Å². The lowest BCUT2D eigenvalue weighted by atomic mass is 10.5. The van der Waals surface area contributed by atoms with Gasteiger partial charge in [0.15, 0.2) is 0 Å². The Morgan fingerprint density at radius 3 is 3.00 bits per heavy atom. The predicted molar refractivity (Wildman–Crippen MR) is 57.0 cm³/mol. The van der Waals surface area contributed by atoms with E-state index < -0.39 is 6.16 Å². The Morgan fingerprint density at radius 2 is 2.43 bits per heavy atom. The molecule has 0 atom stereocenters. The van der Waals surface area contributed by atoms with Crippen LogP contribution in [-0.4, -0.2) is 22.0 Å². The van der Waals surface area contributed by atoms with Gasteiger partial charge in [0.05, 0.1) is 4.90 Å². The summed E-state index contributed by atoms with van der Waals surface area (Å²) in [5.74, 6) is 0.956. The summed E-state index contributed by atoms with van der Waals surface area (Å²) in [6.07, 6.45) is -1.35. The molecule has 0 saturated heterocycles. The summed E-state index contributed by atoms with van der Waals surface area (Å²) in [6, 6.07) is 3.51. The van der Waals surface area contributed by atoms with Gasteiger partial charge in [0.1, 0.15) is 4.60 Å². The van der Waals surface area contributed by atoms with E-state index in [1.807, 2.05) is 6.92 Å². The molecule has 0 spiro atoms. The first-order valence-electron chi connectivity index (χ1n) is 3.83. The molecule has 1 rings (SSSR count). The van der Waals surface area contributed by atoms with Gasteiger partial charge in [0.25, 0.3) is 0 Å². The number of thioether (sulfide) groups is 1. The highest BCUT2D eigenvalue weighted by Gasteiger charge is 2.09. The Morgan fingerprint density at radius 1 is 1.71 bits per heavy atom. The van der Waals surface area contributed by atoms with Gasteiger partial charge in [-0.15, -0.1) is 11.8 Å². The van der Waals surface area contributed by atoms with Gasteiger partial charge in [-0.05, 0) is 33.8 Å². The fourth-order valence-electron chi connectivity index (χ4n) is 0.826. The third kappa shape index (κ3) is 3.19. The van der Waals surface area contributed by atoms with Crippen LogP contribution in [0.3, 0.4) is 0 Å². The number of halogens is 1. The van der Waals surface area contributed by atoms with E-state index >= 15 is 0 Å². The second-order valence-corrected chi connectivity index (χ2v) is 4.36. The van der Waals surface area contributed by atoms with Gasteiger partial charge in [-0.2, -0.15) is 0 Å². The summed E-state index contributed by atoms with van der Waals surface area (Å²) in [4.78, 5) is 15.0. The SMILES string of the molecule is CCSc1ccc(Br)nc1OC(=O)O. The second-order valence-electron chi connectivity index (χ2n) is 2.24. The van der Waals surface area contributed by atoms with E-state index in [4.69, 9.17) is 5.11 Å². The normalized spacial score (nSPS) is 9.86. The number of carbonyl (C=O) groups is 1. The van der Waals surface area contributed by atoms with Crippen molar-refractivity contribution in [3.63, 3.8) is 0 Å². The maximum Gasteiger partial charge on any atom is 0.512 e. The van der Waals surface area contributed by atoms with Crippen LogP contribution in [0, 0.1) is 0 Å². The molecule has 0 amide bonds. The van der Waals surface area contributed by atoms with Crippen LogP contribution in [0.5, 0.6) is 5.88 Å². The molecule has 14 heavy (non-hydrogen) atoms. The maximum absolute atomic E-state index is 10.3. The third-order valence-electron chi connectivity index (χ3n) is 1.28. The zero-order chi connectivity index (χ0) is 10.6. The molecule has 4 nitrogen and oxygen atoms in total. The Balaban J connectivity index is 2.96. The lowest BCUT2D eigenvalue weighted by Crippen LogP contribution is -2.05. The molecule has 0 unspecified atom stereocenters. The number of hydrogen-bond acceptors (Lipinski definition) is 4. The van der Waals surface area contributed by atoms with Gasteiger partial charge in [-0.25, -0.2) is 9.78 Å². The number of carboxylic acid groups (broad SMARTS) is 1. The van der Waals surface area contributed by atoms with E-state index in [1.54, 1.807) is 12.1 Å². The summed E-state index contributed by atoms with van der Waals surface area (Å²) >= 11 is 4.62. The summed E-state index contributed by atoms with van der Waals surface area (Å²) in [7, 11) is 0. The number of hydrogen-bond donors (Lipinski definition) is 1. The molecule has 1 aromatic rings. The predicted octanol–water partition coefficient (Wildman–Crippen LogP) is 3.01. The summed E-state index contributed by atoms with van der Waals surface area (Å²) in [5.41, 5.74) is 0. The van der Waals surface area contributed by atoms with E-state index in [9.17, 15) is 4.79 Å². The van der Waals surface area contributed by atoms with Crippen molar-refractivity contribution >= 4 is 33.8 Å². The Kier molecular flexibility index (Phi) is 4.21. The van der Waals surface area contributed by atoms with E-state index in [2.05, 4.69) is 25.7 Å². The van der Waals surface area contributed by atoms with Crippen molar-refractivity contribution < 1.29 is 14.6 Å².